The number of likely N-dealkylation sites (N-methyl/N-ethyl adjacent to an activating group) is 1. The Hall–Kier alpha value is -0.750. The predicted molar refractivity (Wildman–Crippen MR) is 71.9 cm³/mol. The molecule has 0 fully saturated rings. The molecule has 0 aliphatic carbocycles. The minimum atomic E-state index is -0.521. The summed E-state index contributed by atoms with van der Waals surface area (Å²) in [6, 6.07) is -0.521. The fraction of sp³-hybridized carbons (Fsp3) is 0.818. The molecule has 3 N–H and O–H groups in total. The van der Waals surface area contributed by atoms with Crippen molar-refractivity contribution >= 4 is 23.6 Å². The fourth-order valence-electron chi connectivity index (χ4n) is 1.36. The summed E-state index contributed by atoms with van der Waals surface area (Å²) < 4.78 is 0. The number of hydrogen-bond acceptors (Lipinski definition) is 4. The Morgan fingerprint density at radius 1 is 1.35 bits per heavy atom. The molecule has 0 saturated carbocycles. The average Bonchev–Trinajstić information content (AvgIpc) is 2.34. The molecule has 0 rings (SSSR count). The first-order valence-corrected chi connectivity index (χ1v) is 7.26. The molecule has 0 aliphatic heterocycles. The lowest BCUT2D eigenvalue weighted by atomic mass is 10.2. The molecule has 0 aromatic heterocycles. The molecular weight excluding hydrogens is 238 g/mol. The van der Waals surface area contributed by atoms with Crippen molar-refractivity contribution in [1.29, 1.82) is 0 Å². The number of hydrogen-bond donors (Lipinski definition) is 2. The van der Waals surface area contributed by atoms with Crippen LogP contribution in [0.4, 0.5) is 0 Å². The van der Waals surface area contributed by atoms with Crippen molar-refractivity contribution < 1.29 is 9.59 Å². The van der Waals surface area contributed by atoms with Crippen LogP contribution >= 0.6 is 11.8 Å². The van der Waals surface area contributed by atoms with E-state index < -0.39 is 6.04 Å². The third-order valence-corrected chi connectivity index (χ3v) is 3.14. The summed E-state index contributed by atoms with van der Waals surface area (Å²) >= 11 is 1.65. The summed E-state index contributed by atoms with van der Waals surface area (Å²) in [4.78, 5) is 24.8. The lowest BCUT2D eigenvalue weighted by Crippen LogP contribution is -2.46. The molecule has 0 aromatic rings. The second-order valence-electron chi connectivity index (χ2n) is 3.67. The van der Waals surface area contributed by atoms with Crippen LogP contribution in [0.1, 0.15) is 20.3 Å². The minimum absolute atomic E-state index is 0.0352. The van der Waals surface area contributed by atoms with Crippen LogP contribution in [-0.4, -0.2) is 54.4 Å². The smallest absolute Gasteiger partial charge is 0.241 e. The van der Waals surface area contributed by atoms with Gasteiger partial charge in [-0.05, 0) is 32.3 Å². The molecule has 0 radical (unpaired) electrons. The summed E-state index contributed by atoms with van der Waals surface area (Å²) in [5.41, 5.74) is 5.68. The van der Waals surface area contributed by atoms with Crippen LogP contribution in [0.5, 0.6) is 0 Å². The largest absolute Gasteiger partial charge is 0.346 e. The van der Waals surface area contributed by atoms with Crippen LogP contribution in [-0.2, 0) is 9.59 Å². The van der Waals surface area contributed by atoms with E-state index in [1.165, 1.54) is 0 Å². The van der Waals surface area contributed by atoms with Crippen molar-refractivity contribution in [2.45, 2.75) is 26.3 Å². The molecule has 1 atom stereocenters. The number of amides is 2. The summed E-state index contributed by atoms with van der Waals surface area (Å²) in [5.74, 6) is 0.526. The lowest BCUT2D eigenvalue weighted by Gasteiger charge is -2.19. The van der Waals surface area contributed by atoms with Crippen molar-refractivity contribution in [2.24, 2.45) is 5.73 Å². The van der Waals surface area contributed by atoms with Gasteiger partial charge in [0, 0.05) is 13.1 Å². The summed E-state index contributed by atoms with van der Waals surface area (Å²) in [7, 11) is 0. The number of nitrogens with one attached hydrogen (secondary N) is 1. The normalized spacial score (nSPS) is 12.0. The Labute approximate surface area is 107 Å². The molecule has 100 valence electrons. The van der Waals surface area contributed by atoms with Gasteiger partial charge in [0.25, 0.3) is 0 Å². The maximum Gasteiger partial charge on any atom is 0.241 e. The highest BCUT2D eigenvalue weighted by atomic mass is 32.2. The number of nitrogens with two attached hydrogens (primary N) is 1. The van der Waals surface area contributed by atoms with E-state index in [9.17, 15) is 9.59 Å². The highest BCUT2D eigenvalue weighted by molar-refractivity contribution is 7.98. The molecule has 0 spiro atoms. The van der Waals surface area contributed by atoms with Crippen LogP contribution in [0.25, 0.3) is 0 Å². The van der Waals surface area contributed by atoms with E-state index in [1.54, 1.807) is 16.7 Å². The van der Waals surface area contributed by atoms with Crippen molar-refractivity contribution in [3.05, 3.63) is 0 Å². The van der Waals surface area contributed by atoms with Crippen LogP contribution in [0, 0.1) is 0 Å². The number of carbonyl (C=O) groups excluding carboxylic acids is 2. The highest BCUT2D eigenvalue weighted by Crippen LogP contribution is 1.98. The minimum Gasteiger partial charge on any atom is -0.346 e. The zero-order valence-corrected chi connectivity index (χ0v) is 11.7. The summed E-state index contributed by atoms with van der Waals surface area (Å²) in [6.45, 7) is 5.17. The van der Waals surface area contributed by atoms with Gasteiger partial charge in [0.2, 0.25) is 11.8 Å². The molecule has 2 amide bonds. The van der Waals surface area contributed by atoms with Gasteiger partial charge >= 0.3 is 0 Å². The first kappa shape index (κ1) is 16.2. The average molecular weight is 261 g/mol. The standard InChI is InChI=1S/C11H23N3O2S/c1-4-14(5-2)10(15)8-13-11(16)9(12)6-7-17-3/h9H,4-8,12H2,1-3H3,(H,13,16)/t9-/m0/s1. The van der Waals surface area contributed by atoms with Crippen molar-refractivity contribution in [3.8, 4) is 0 Å². The Morgan fingerprint density at radius 3 is 2.41 bits per heavy atom. The zero-order valence-electron chi connectivity index (χ0n) is 10.9. The molecule has 0 unspecified atom stereocenters. The van der Waals surface area contributed by atoms with E-state index in [4.69, 9.17) is 5.73 Å². The van der Waals surface area contributed by atoms with E-state index in [0.717, 1.165) is 5.75 Å². The summed E-state index contributed by atoms with van der Waals surface area (Å²) in [5, 5.41) is 2.58. The topological polar surface area (TPSA) is 75.4 Å². The van der Waals surface area contributed by atoms with Crippen LogP contribution in [0.15, 0.2) is 0 Å². The van der Waals surface area contributed by atoms with Gasteiger partial charge in [-0.2, -0.15) is 11.8 Å². The van der Waals surface area contributed by atoms with Gasteiger partial charge in [-0.1, -0.05) is 0 Å². The second-order valence-corrected chi connectivity index (χ2v) is 4.66. The Bertz CT molecular complexity index is 245. The first-order valence-electron chi connectivity index (χ1n) is 5.86. The monoisotopic (exact) mass is 261 g/mol. The quantitative estimate of drug-likeness (QED) is 0.647. The fourth-order valence-corrected chi connectivity index (χ4v) is 1.85. The van der Waals surface area contributed by atoms with Gasteiger partial charge in [0.15, 0.2) is 0 Å². The highest BCUT2D eigenvalue weighted by Gasteiger charge is 2.15. The Morgan fingerprint density at radius 2 is 1.94 bits per heavy atom. The molecule has 0 bridgehead atoms. The zero-order chi connectivity index (χ0) is 13.3. The van der Waals surface area contributed by atoms with E-state index in [-0.39, 0.29) is 18.4 Å². The number of thioether (sulfide) groups is 1. The van der Waals surface area contributed by atoms with Crippen LogP contribution in [0.2, 0.25) is 0 Å². The summed E-state index contributed by atoms with van der Waals surface area (Å²) in [6.07, 6.45) is 2.60. The van der Waals surface area contributed by atoms with Gasteiger partial charge < -0.3 is 16.0 Å². The van der Waals surface area contributed by atoms with E-state index >= 15 is 0 Å². The van der Waals surface area contributed by atoms with E-state index in [2.05, 4.69) is 5.32 Å². The molecule has 0 aliphatic rings. The number of nitrogens with zero attached hydrogens (tertiary/aromatic N) is 1. The molecule has 17 heavy (non-hydrogen) atoms. The molecule has 0 aromatic carbocycles. The van der Waals surface area contributed by atoms with Gasteiger partial charge in [-0.15, -0.1) is 0 Å². The Kier molecular flexibility index (Phi) is 8.89. The lowest BCUT2D eigenvalue weighted by molar-refractivity contribution is -0.132. The van der Waals surface area contributed by atoms with Crippen molar-refractivity contribution in [1.82, 2.24) is 10.2 Å². The molecule has 0 heterocycles. The van der Waals surface area contributed by atoms with Gasteiger partial charge in [0.1, 0.15) is 0 Å². The van der Waals surface area contributed by atoms with Crippen LogP contribution in [0.3, 0.4) is 0 Å². The van der Waals surface area contributed by atoms with Crippen molar-refractivity contribution in [2.75, 3.05) is 31.6 Å². The van der Waals surface area contributed by atoms with E-state index in [0.29, 0.717) is 19.5 Å². The van der Waals surface area contributed by atoms with Gasteiger partial charge in [-0.3, -0.25) is 9.59 Å². The maximum absolute atomic E-state index is 11.6. The predicted octanol–water partition coefficient (Wildman–Crippen LogP) is 0.0514. The third kappa shape index (κ3) is 6.53. The van der Waals surface area contributed by atoms with Gasteiger partial charge in [0.05, 0.1) is 12.6 Å². The third-order valence-electron chi connectivity index (χ3n) is 2.50. The maximum atomic E-state index is 11.6. The number of rotatable bonds is 8. The Balaban J connectivity index is 3.94. The first-order chi connectivity index (χ1) is 8.06. The van der Waals surface area contributed by atoms with Crippen molar-refractivity contribution in [3.63, 3.8) is 0 Å². The second kappa shape index (κ2) is 9.30. The molecular formula is C11H23N3O2S. The molecule has 0 saturated heterocycles. The van der Waals surface area contributed by atoms with E-state index in [1.807, 2.05) is 20.1 Å². The number of carbonyl (C=O) groups is 2. The molecule has 6 heteroatoms. The molecule has 5 nitrogen and oxygen atoms in total. The van der Waals surface area contributed by atoms with Gasteiger partial charge in [-0.25, -0.2) is 0 Å². The van der Waals surface area contributed by atoms with Crippen LogP contribution < -0.4 is 11.1 Å². The SMILES string of the molecule is CCN(CC)C(=O)CNC(=O)[C@@H](N)CCSC.